The van der Waals surface area contributed by atoms with Gasteiger partial charge in [-0.25, -0.2) is 0 Å². The molecule has 1 aliphatic heterocycles. The minimum atomic E-state index is -0.471. The average Bonchev–Trinajstić information content (AvgIpc) is 2.95. The number of hydrogen-bond acceptors (Lipinski definition) is 5. The predicted octanol–water partition coefficient (Wildman–Crippen LogP) is 2.84. The Morgan fingerprint density at radius 2 is 1.75 bits per heavy atom. The van der Waals surface area contributed by atoms with Crippen molar-refractivity contribution in [3.05, 3.63) is 56.9 Å². The van der Waals surface area contributed by atoms with Crippen LogP contribution in [0.1, 0.15) is 40.2 Å². The van der Waals surface area contributed by atoms with Crippen molar-refractivity contribution in [3.8, 4) is 0 Å². The molecule has 8 nitrogen and oxygen atoms in total. The van der Waals surface area contributed by atoms with Crippen LogP contribution in [0.15, 0.2) is 24.3 Å². The second kappa shape index (κ2) is 7.92. The van der Waals surface area contributed by atoms with Crippen molar-refractivity contribution in [1.82, 2.24) is 14.7 Å². The molecule has 0 atom stereocenters. The zero-order valence-electron chi connectivity index (χ0n) is 16.3. The number of nitrogens with zero attached hydrogens (tertiary/aromatic N) is 4. The number of aromatic nitrogens is 2. The van der Waals surface area contributed by atoms with Gasteiger partial charge in [0.1, 0.15) is 17.9 Å². The molecule has 1 saturated heterocycles. The van der Waals surface area contributed by atoms with Crippen molar-refractivity contribution >= 4 is 17.4 Å². The first-order valence-electron chi connectivity index (χ1n) is 9.35. The molecule has 1 aromatic carbocycles. The fourth-order valence-corrected chi connectivity index (χ4v) is 3.68. The van der Waals surface area contributed by atoms with Gasteiger partial charge in [0.15, 0.2) is 5.78 Å². The van der Waals surface area contributed by atoms with Gasteiger partial charge in [0.05, 0.1) is 4.92 Å². The molecule has 2 heterocycles. The van der Waals surface area contributed by atoms with Gasteiger partial charge in [-0.15, -0.1) is 0 Å². The highest BCUT2D eigenvalue weighted by Gasteiger charge is 2.29. The number of likely N-dealkylation sites (tertiary alicyclic amines) is 1. The lowest BCUT2D eigenvalue weighted by Crippen LogP contribution is -2.42. The molecule has 8 heteroatoms. The Bertz CT molecular complexity index is 909. The van der Waals surface area contributed by atoms with Gasteiger partial charge in [0.2, 0.25) is 5.91 Å². The Labute approximate surface area is 163 Å². The van der Waals surface area contributed by atoms with Crippen molar-refractivity contribution in [1.29, 1.82) is 0 Å². The molecule has 0 spiro atoms. The molecule has 148 valence electrons. The monoisotopic (exact) mass is 384 g/mol. The molecule has 28 heavy (non-hydrogen) atoms. The molecule has 0 saturated carbocycles. The van der Waals surface area contributed by atoms with Crippen LogP contribution in [0.3, 0.4) is 0 Å². The number of ketones is 1. The lowest BCUT2D eigenvalue weighted by molar-refractivity contribution is -0.386. The van der Waals surface area contributed by atoms with E-state index in [0.717, 1.165) is 5.56 Å². The normalized spacial score (nSPS) is 14.9. The number of carbonyl (C=O) groups is 2. The van der Waals surface area contributed by atoms with Crippen molar-refractivity contribution in [2.75, 3.05) is 13.1 Å². The van der Waals surface area contributed by atoms with Crippen LogP contribution < -0.4 is 0 Å². The molecular formula is C20H24N4O4. The van der Waals surface area contributed by atoms with Crippen LogP contribution in [-0.4, -0.2) is 44.4 Å². The van der Waals surface area contributed by atoms with Crippen LogP contribution in [0, 0.1) is 36.8 Å². The van der Waals surface area contributed by atoms with E-state index in [1.165, 1.54) is 4.68 Å². The highest BCUT2D eigenvalue weighted by Crippen LogP contribution is 2.24. The Morgan fingerprint density at radius 3 is 2.29 bits per heavy atom. The molecule has 2 aromatic rings. The van der Waals surface area contributed by atoms with E-state index in [0.29, 0.717) is 42.9 Å². The number of nitro groups is 1. The van der Waals surface area contributed by atoms with Crippen molar-refractivity contribution in [3.63, 3.8) is 0 Å². The summed E-state index contributed by atoms with van der Waals surface area (Å²) in [6, 6.07) is 7.56. The van der Waals surface area contributed by atoms with Crippen LogP contribution >= 0.6 is 0 Å². The topological polar surface area (TPSA) is 98.3 Å². The van der Waals surface area contributed by atoms with Gasteiger partial charge in [-0.3, -0.25) is 24.4 Å². The second-order valence-corrected chi connectivity index (χ2v) is 7.32. The highest BCUT2D eigenvalue weighted by atomic mass is 16.6. The molecule has 1 fully saturated rings. The molecule has 1 aromatic heterocycles. The minimum Gasteiger partial charge on any atom is -0.341 e. The second-order valence-electron chi connectivity index (χ2n) is 7.32. The van der Waals surface area contributed by atoms with Crippen LogP contribution in [0.25, 0.3) is 0 Å². The maximum Gasteiger partial charge on any atom is 0.312 e. The maximum atomic E-state index is 12.6. The summed E-state index contributed by atoms with van der Waals surface area (Å²) >= 11 is 0. The average molecular weight is 384 g/mol. The lowest BCUT2D eigenvalue weighted by atomic mass is 9.88. The lowest BCUT2D eigenvalue weighted by Gasteiger charge is -2.31. The zero-order valence-corrected chi connectivity index (χ0v) is 16.3. The summed E-state index contributed by atoms with van der Waals surface area (Å²) in [4.78, 5) is 37.6. The first-order chi connectivity index (χ1) is 13.3. The number of piperidine rings is 1. The summed E-state index contributed by atoms with van der Waals surface area (Å²) in [5.74, 6) is -0.0930. The summed E-state index contributed by atoms with van der Waals surface area (Å²) in [6.45, 7) is 6.12. The molecule has 0 bridgehead atoms. The molecule has 0 aliphatic carbocycles. The quantitative estimate of drug-likeness (QED) is 0.448. The molecular weight excluding hydrogens is 360 g/mol. The fraction of sp³-hybridized carbons (Fsp3) is 0.450. The minimum absolute atomic E-state index is 0.0307. The Balaban J connectivity index is 1.60. The smallest absolute Gasteiger partial charge is 0.312 e. The van der Waals surface area contributed by atoms with E-state index in [9.17, 15) is 19.7 Å². The first kappa shape index (κ1) is 19.7. The van der Waals surface area contributed by atoms with E-state index >= 15 is 0 Å². The van der Waals surface area contributed by atoms with Crippen LogP contribution in [0.2, 0.25) is 0 Å². The Morgan fingerprint density at radius 1 is 1.14 bits per heavy atom. The summed E-state index contributed by atoms with van der Waals surface area (Å²) in [7, 11) is 0. The van der Waals surface area contributed by atoms with E-state index in [4.69, 9.17) is 0 Å². The molecule has 3 rings (SSSR count). The molecule has 0 N–H and O–H groups in total. The number of Topliss-reactive ketones (excluding diaryl/α,β-unsaturated/α-hetero) is 1. The van der Waals surface area contributed by atoms with E-state index in [-0.39, 0.29) is 29.8 Å². The SMILES string of the molecule is Cc1ccc(C(=O)C2CCN(C(=O)Cn3nc(C)c([N+](=O)[O-])c3C)CC2)cc1. The number of amides is 1. The van der Waals surface area contributed by atoms with Gasteiger partial charge in [0.25, 0.3) is 0 Å². The summed E-state index contributed by atoms with van der Waals surface area (Å²) in [5.41, 5.74) is 2.46. The molecule has 1 amide bonds. The van der Waals surface area contributed by atoms with Crippen molar-refractivity contribution in [2.24, 2.45) is 5.92 Å². The number of benzene rings is 1. The number of rotatable bonds is 5. The maximum absolute atomic E-state index is 12.6. The van der Waals surface area contributed by atoms with Gasteiger partial charge in [0, 0.05) is 24.6 Å². The summed E-state index contributed by atoms with van der Waals surface area (Å²) in [5, 5.41) is 15.2. The summed E-state index contributed by atoms with van der Waals surface area (Å²) in [6.07, 6.45) is 1.24. The fourth-order valence-electron chi connectivity index (χ4n) is 3.68. The third-order valence-corrected chi connectivity index (χ3v) is 5.37. The predicted molar refractivity (Wildman–Crippen MR) is 103 cm³/mol. The molecule has 1 aliphatic rings. The molecule has 0 unspecified atom stereocenters. The number of aryl methyl sites for hydroxylation is 2. The number of hydrogen-bond donors (Lipinski definition) is 0. The van der Waals surface area contributed by atoms with E-state index in [1.54, 1.807) is 18.7 Å². The summed E-state index contributed by atoms with van der Waals surface area (Å²) < 4.78 is 1.39. The first-order valence-corrected chi connectivity index (χ1v) is 9.35. The zero-order chi connectivity index (χ0) is 20.4. The van der Waals surface area contributed by atoms with Crippen molar-refractivity contribution in [2.45, 2.75) is 40.2 Å². The largest absolute Gasteiger partial charge is 0.341 e. The molecule has 0 radical (unpaired) electrons. The highest BCUT2D eigenvalue weighted by molar-refractivity contribution is 5.98. The standard InChI is InChI=1S/C20H24N4O4/c1-13-4-6-16(7-5-13)20(26)17-8-10-22(11-9-17)18(25)12-23-15(3)19(24(27)28)14(2)21-23/h4-7,17H,8-12H2,1-3H3. The van der Waals surface area contributed by atoms with Gasteiger partial charge < -0.3 is 4.90 Å². The van der Waals surface area contributed by atoms with Crippen LogP contribution in [-0.2, 0) is 11.3 Å². The van der Waals surface area contributed by atoms with Gasteiger partial charge in [-0.05, 0) is 33.6 Å². The van der Waals surface area contributed by atoms with E-state index in [2.05, 4.69) is 5.10 Å². The Kier molecular flexibility index (Phi) is 5.58. The van der Waals surface area contributed by atoms with E-state index in [1.807, 2.05) is 31.2 Å². The van der Waals surface area contributed by atoms with Gasteiger partial charge >= 0.3 is 5.69 Å². The van der Waals surface area contributed by atoms with Crippen LogP contribution in [0.4, 0.5) is 5.69 Å². The van der Waals surface area contributed by atoms with Crippen molar-refractivity contribution < 1.29 is 14.5 Å². The Hall–Kier alpha value is -3.03. The third-order valence-electron chi connectivity index (χ3n) is 5.37. The third kappa shape index (κ3) is 3.95. The van der Waals surface area contributed by atoms with Crippen LogP contribution in [0.5, 0.6) is 0 Å². The van der Waals surface area contributed by atoms with E-state index < -0.39 is 4.92 Å². The number of carbonyl (C=O) groups excluding carboxylic acids is 2. The van der Waals surface area contributed by atoms with Gasteiger partial charge in [-0.1, -0.05) is 29.8 Å². The van der Waals surface area contributed by atoms with Gasteiger partial charge in [-0.2, -0.15) is 5.10 Å².